The van der Waals surface area contributed by atoms with E-state index in [-0.39, 0.29) is 16.6 Å². The van der Waals surface area contributed by atoms with Crippen molar-refractivity contribution in [1.29, 1.82) is 0 Å². The number of benzene rings is 1. The minimum atomic E-state index is -4.50. The smallest absolute Gasteiger partial charge is 0.410 e. The second kappa shape index (κ2) is 4.73. The van der Waals surface area contributed by atoms with E-state index in [0.29, 0.717) is 0 Å². The normalized spacial score (nSPS) is 11.2. The summed E-state index contributed by atoms with van der Waals surface area (Å²) < 4.78 is 42.1. The van der Waals surface area contributed by atoms with Gasteiger partial charge < -0.3 is 10.5 Å². The molecule has 0 bridgehead atoms. The van der Waals surface area contributed by atoms with Crippen molar-refractivity contribution >= 4 is 22.0 Å². The highest BCUT2D eigenvalue weighted by molar-refractivity contribution is 9.08. The van der Waals surface area contributed by atoms with Crippen LogP contribution in [0, 0.1) is 0 Å². The largest absolute Gasteiger partial charge is 0.416 e. The Kier molecular flexibility index (Phi) is 3.79. The molecule has 0 aliphatic carbocycles. The maximum atomic E-state index is 12.6. The van der Waals surface area contributed by atoms with E-state index < -0.39 is 17.8 Å². The van der Waals surface area contributed by atoms with Gasteiger partial charge in [0, 0.05) is 5.33 Å². The molecule has 2 N–H and O–H groups in total. The van der Waals surface area contributed by atoms with Gasteiger partial charge in [-0.1, -0.05) is 22.0 Å². The lowest BCUT2D eigenvalue weighted by Crippen LogP contribution is -2.17. The van der Waals surface area contributed by atoms with Crippen molar-refractivity contribution in [1.82, 2.24) is 0 Å². The molecule has 0 radical (unpaired) electrons. The van der Waals surface area contributed by atoms with Crippen molar-refractivity contribution in [2.75, 3.05) is 0 Å². The van der Waals surface area contributed by atoms with Gasteiger partial charge in [-0.15, -0.1) is 0 Å². The van der Waals surface area contributed by atoms with Crippen LogP contribution in [-0.2, 0) is 11.5 Å². The number of rotatable bonds is 2. The summed E-state index contributed by atoms with van der Waals surface area (Å²) in [6.45, 7) is 0. The van der Waals surface area contributed by atoms with E-state index in [1.165, 1.54) is 12.1 Å². The molecule has 1 aromatic rings. The molecular weight excluding hydrogens is 291 g/mol. The van der Waals surface area contributed by atoms with Crippen LogP contribution in [0.5, 0.6) is 5.75 Å². The van der Waals surface area contributed by atoms with Gasteiger partial charge in [0.25, 0.3) is 0 Å². The number of alkyl halides is 4. The third-order valence-corrected chi connectivity index (χ3v) is 2.35. The summed E-state index contributed by atoms with van der Waals surface area (Å²) >= 11 is 2.94. The Labute approximate surface area is 97.5 Å². The van der Waals surface area contributed by atoms with Crippen LogP contribution >= 0.6 is 15.9 Å². The average molecular weight is 298 g/mol. The van der Waals surface area contributed by atoms with E-state index in [9.17, 15) is 18.0 Å². The Bertz CT molecular complexity index is 406. The van der Waals surface area contributed by atoms with Crippen LogP contribution in [0.2, 0.25) is 0 Å². The number of hydrogen-bond acceptors (Lipinski definition) is 2. The third kappa shape index (κ3) is 3.13. The van der Waals surface area contributed by atoms with E-state index in [0.717, 1.165) is 6.07 Å². The zero-order chi connectivity index (χ0) is 12.3. The number of carbonyl (C=O) groups is 1. The number of ether oxygens (including phenoxy) is 1. The van der Waals surface area contributed by atoms with Gasteiger partial charge in [0.1, 0.15) is 5.75 Å². The molecule has 0 aromatic heterocycles. The predicted molar refractivity (Wildman–Crippen MR) is 54.3 cm³/mol. The minimum absolute atomic E-state index is 0.0543. The molecule has 0 atom stereocenters. The highest BCUT2D eigenvalue weighted by Gasteiger charge is 2.33. The van der Waals surface area contributed by atoms with Gasteiger partial charge in [-0.05, 0) is 17.7 Å². The fraction of sp³-hybridized carbons (Fsp3) is 0.222. The molecule has 88 valence electrons. The van der Waals surface area contributed by atoms with Gasteiger partial charge in [0.2, 0.25) is 0 Å². The first-order valence-electron chi connectivity index (χ1n) is 4.08. The van der Waals surface area contributed by atoms with Crippen LogP contribution in [0.1, 0.15) is 11.1 Å². The van der Waals surface area contributed by atoms with Crippen molar-refractivity contribution in [3.05, 3.63) is 29.3 Å². The first-order chi connectivity index (χ1) is 7.34. The van der Waals surface area contributed by atoms with Crippen LogP contribution in [0.15, 0.2) is 18.2 Å². The summed E-state index contributed by atoms with van der Waals surface area (Å²) in [6, 6.07) is 3.20. The molecule has 1 rings (SSSR count). The molecule has 0 fully saturated rings. The van der Waals surface area contributed by atoms with Crippen molar-refractivity contribution in [2.24, 2.45) is 5.73 Å². The second-order valence-corrected chi connectivity index (χ2v) is 3.43. The average Bonchev–Trinajstić information content (AvgIpc) is 2.15. The first-order valence-corrected chi connectivity index (χ1v) is 5.20. The van der Waals surface area contributed by atoms with Crippen molar-refractivity contribution < 1.29 is 22.7 Å². The Balaban J connectivity index is 3.16. The number of hydrogen-bond donors (Lipinski definition) is 1. The standard InChI is InChI=1S/C9H7BrF3NO2/c10-4-5-1-2-6(16-8(14)15)3-7(5)9(11,12)13/h1-3H,4H2,(H2,14,15). The summed E-state index contributed by atoms with van der Waals surface area (Å²) in [5.74, 6) is -0.232. The lowest BCUT2D eigenvalue weighted by Gasteiger charge is -2.12. The van der Waals surface area contributed by atoms with E-state index >= 15 is 0 Å². The number of amides is 1. The van der Waals surface area contributed by atoms with E-state index in [1.54, 1.807) is 0 Å². The van der Waals surface area contributed by atoms with Crippen LogP contribution in [-0.4, -0.2) is 6.09 Å². The molecule has 0 unspecified atom stereocenters. The van der Waals surface area contributed by atoms with Gasteiger partial charge in [-0.25, -0.2) is 4.79 Å². The van der Waals surface area contributed by atoms with Crippen LogP contribution in [0.3, 0.4) is 0 Å². The van der Waals surface area contributed by atoms with E-state index in [1.807, 2.05) is 0 Å². The van der Waals surface area contributed by atoms with Gasteiger partial charge in [-0.3, -0.25) is 0 Å². The molecule has 0 saturated carbocycles. The summed E-state index contributed by atoms with van der Waals surface area (Å²) in [7, 11) is 0. The molecule has 0 aliphatic rings. The van der Waals surface area contributed by atoms with Crippen molar-refractivity contribution in [3.63, 3.8) is 0 Å². The summed E-state index contributed by atoms with van der Waals surface area (Å²) in [5.41, 5.74) is 3.90. The number of nitrogens with two attached hydrogens (primary N) is 1. The topological polar surface area (TPSA) is 52.3 Å². The zero-order valence-electron chi connectivity index (χ0n) is 7.84. The van der Waals surface area contributed by atoms with E-state index in [4.69, 9.17) is 5.73 Å². The minimum Gasteiger partial charge on any atom is -0.410 e. The first kappa shape index (κ1) is 12.8. The molecule has 0 spiro atoms. The van der Waals surface area contributed by atoms with E-state index in [2.05, 4.69) is 20.7 Å². The quantitative estimate of drug-likeness (QED) is 0.853. The monoisotopic (exact) mass is 297 g/mol. The van der Waals surface area contributed by atoms with Crippen molar-refractivity contribution in [3.8, 4) is 5.75 Å². The molecule has 3 nitrogen and oxygen atoms in total. The number of halogens is 4. The van der Waals surface area contributed by atoms with Gasteiger partial charge in [0.05, 0.1) is 5.56 Å². The second-order valence-electron chi connectivity index (χ2n) is 2.87. The predicted octanol–water partition coefficient (Wildman–Crippen LogP) is 3.06. The lowest BCUT2D eigenvalue weighted by molar-refractivity contribution is -0.138. The van der Waals surface area contributed by atoms with Gasteiger partial charge in [0.15, 0.2) is 0 Å². The molecule has 1 amide bonds. The lowest BCUT2D eigenvalue weighted by atomic mass is 10.1. The van der Waals surface area contributed by atoms with Crippen LogP contribution in [0.25, 0.3) is 0 Å². The highest BCUT2D eigenvalue weighted by Crippen LogP contribution is 2.35. The Morgan fingerprint density at radius 1 is 1.44 bits per heavy atom. The van der Waals surface area contributed by atoms with Crippen LogP contribution in [0.4, 0.5) is 18.0 Å². The SMILES string of the molecule is NC(=O)Oc1ccc(CBr)c(C(F)(F)F)c1. The Morgan fingerprint density at radius 3 is 2.50 bits per heavy atom. The van der Waals surface area contributed by atoms with Gasteiger partial charge >= 0.3 is 12.3 Å². The number of primary amides is 1. The maximum absolute atomic E-state index is 12.6. The Hall–Kier alpha value is -1.24. The molecule has 16 heavy (non-hydrogen) atoms. The fourth-order valence-electron chi connectivity index (χ4n) is 1.12. The molecule has 0 saturated heterocycles. The molecule has 0 aliphatic heterocycles. The molecule has 0 heterocycles. The fourth-order valence-corrected chi connectivity index (χ4v) is 1.60. The molecular formula is C9H7BrF3NO2. The zero-order valence-corrected chi connectivity index (χ0v) is 9.43. The summed E-state index contributed by atoms with van der Waals surface area (Å²) in [4.78, 5) is 10.4. The van der Waals surface area contributed by atoms with Crippen molar-refractivity contribution in [2.45, 2.75) is 11.5 Å². The summed E-state index contributed by atoms with van der Waals surface area (Å²) in [5, 5.41) is 0.0543. The molecule has 7 heteroatoms. The third-order valence-electron chi connectivity index (χ3n) is 1.75. The summed E-state index contributed by atoms with van der Waals surface area (Å²) in [6.07, 6.45) is -5.65. The van der Waals surface area contributed by atoms with Crippen LogP contribution < -0.4 is 10.5 Å². The maximum Gasteiger partial charge on any atom is 0.416 e. The number of carbonyl (C=O) groups excluding carboxylic acids is 1. The Morgan fingerprint density at radius 2 is 2.06 bits per heavy atom. The highest BCUT2D eigenvalue weighted by atomic mass is 79.9. The molecule has 1 aromatic carbocycles. The van der Waals surface area contributed by atoms with Gasteiger partial charge in [-0.2, -0.15) is 13.2 Å².